The maximum absolute atomic E-state index is 13.0. The summed E-state index contributed by atoms with van der Waals surface area (Å²) in [4.78, 5) is 30.1. The minimum atomic E-state index is -0.242. The van der Waals surface area contributed by atoms with Crippen LogP contribution < -0.4 is 10.9 Å². The van der Waals surface area contributed by atoms with Crippen LogP contribution in [0.5, 0.6) is 0 Å². The zero-order valence-corrected chi connectivity index (χ0v) is 17.4. The normalized spacial score (nSPS) is 20.2. The van der Waals surface area contributed by atoms with Gasteiger partial charge in [-0.2, -0.15) is 0 Å². The van der Waals surface area contributed by atoms with Crippen molar-refractivity contribution >= 4 is 11.6 Å². The molecule has 1 saturated carbocycles. The first-order chi connectivity index (χ1) is 14.5. The van der Waals surface area contributed by atoms with Crippen LogP contribution in [0.3, 0.4) is 0 Å². The van der Waals surface area contributed by atoms with Gasteiger partial charge in [-0.25, -0.2) is 9.50 Å². The molecule has 0 bridgehead atoms. The number of nitrogens with zero attached hydrogens (tertiary/aromatic N) is 2. The number of hydrogen-bond donors (Lipinski definition) is 2. The topological polar surface area (TPSA) is 88.5 Å². The highest BCUT2D eigenvalue weighted by Gasteiger charge is 2.28. The third kappa shape index (κ3) is 4.46. The number of aromatic amines is 1. The zero-order chi connectivity index (χ0) is 21.1. The Balaban J connectivity index is 1.55. The van der Waals surface area contributed by atoms with E-state index in [0.717, 1.165) is 36.9 Å². The largest absolute Gasteiger partial charge is 0.381 e. The molecule has 1 aromatic carbocycles. The summed E-state index contributed by atoms with van der Waals surface area (Å²) >= 11 is 0. The van der Waals surface area contributed by atoms with Gasteiger partial charge < -0.3 is 10.1 Å². The number of carbonyl (C=O) groups excluding carboxylic acids is 1. The molecule has 1 aliphatic carbocycles. The molecule has 0 unspecified atom stereocenters. The fraction of sp³-hybridized carbons (Fsp3) is 0.435. The monoisotopic (exact) mass is 408 g/mol. The summed E-state index contributed by atoms with van der Waals surface area (Å²) in [6, 6.07) is 13.0. The second-order valence-electron chi connectivity index (χ2n) is 8.10. The molecule has 4 rings (SSSR count). The summed E-state index contributed by atoms with van der Waals surface area (Å²) in [7, 11) is 1.73. The van der Waals surface area contributed by atoms with Crippen molar-refractivity contribution in [2.24, 2.45) is 5.92 Å². The fourth-order valence-corrected chi connectivity index (χ4v) is 4.26. The lowest BCUT2D eigenvalue weighted by atomic mass is 9.86. The van der Waals surface area contributed by atoms with E-state index in [1.54, 1.807) is 7.11 Å². The Hall–Kier alpha value is -2.93. The minimum Gasteiger partial charge on any atom is -0.381 e. The predicted octanol–water partition coefficient (Wildman–Crippen LogP) is 2.94. The van der Waals surface area contributed by atoms with E-state index in [2.05, 4.69) is 15.4 Å². The van der Waals surface area contributed by atoms with Crippen LogP contribution in [0.4, 0.5) is 0 Å². The van der Waals surface area contributed by atoms with Crippen molar-refractivity contribution in [2.45, 2.75) is 51.2 Å². The molecule has 0 radical (unpaired) electrons. The van der Waals surface area contributed by atoms with Gasteiger partial charge in [0.1, 0.15) is 0 Å². The first-order valence-corrected chi connectivity index (χ1v) is 10.5. The quantitative estimate of drug-likeness (QED) is 0.656. The van der Waals surface area contributed by atoms with E-state index in [1.165, 1.54) is 10.6 Å². The smallest absolute Gasteiger partial charge is 0.272 e. The molecule has 1 aliphatic rings. The van der Waals surface area contributed by atoms with Crippen LogP contribution in [0.1, 0.15) is 48.7 Å². The SMILES string of the molecule is COC1CCC(C(=O)N[C@H](Cc2cc(=O)n3[nH]c(C)cc3n2)c2ccccc2)CC1. The van der Waals surface area contributed by atoms with Gasteiger partial charge in [-0.1, -0.05) is 30.3 Å². The molecule has 1 amide bonds. The van der Waals surface area contributed by atoms with E-state index in [1.807, 2.05) is 43.3 Å². The Bertz CT molecular complexity index is 1060. The molecular formula is C23H28N4O3. The van der Waals surface area contributed by atoms with Gasteiger partial charge in [0, 0.05) is 37.3 Å². The molecule has 2 N–H and O–H groups in total. The molecule has 0 spiro atoms. The number of aromatic nitrogens is 3. The van der Waals surface area contributed by atoms with Crippen LogP contribution in [0.2, 0.25) is 0 Å². The van der Waals surface area contributed by atoms with Crippen molar-refractivity contribution in [3.63, 3.8) is 0 Å². The molecular weight excluding hydrogens is 380 g/mol. The average molecular weight is 409 g/mol. The van der Waals surface area contributed by atoms with Crippen LogP contribution >= 0.6 is 0 Å². The summed E-state index contributed by atoms with van der Waals surface area (Å²) in [5, 5.41) is 6.20. The van der Waals surface area contributed by atoms with E-state index in [-0.39, 0.29) is 29.5 Å². The number of carbonyl (C=O) groups is 1. The summed E-state index contributed by atoms with van der Waals surface area (Å²) in [6.07, 6.45) is 4.20. The van der Waals surface area contributed by atoms with Gasteiger partial charge in [-0.3, -0.25) is 14.7 Å². The molecule has 2 aromatic heterocycles. The summed E-state index contributed by atoms with van der Waals surface area (Å²) in [5.74, 6) is 0.0599. The Morgan fingerprint density at radius 1 is 1.23 bits per heavy atom. The van der Waals surface area contributed by atoms with E-state index < -0.39 is 0 Å². The number of aryl methyl sites for hydroxylation is 1. The molecule has 158 valence electrons. The highest BCUT2D eigenvalue weighted by molar-refractivity contribution is 5.79. The summed E-state index contributed by atoms with van der Waals surface area (Å²) < 4.78 is 6.86. The Labute approximate surface area is 175 Å². The summed E-state index contributed by atoms with van der Waals surface area (Å²) in [5.41, 5.74) is 2.97. The molecule has 1 fully saturated rings. The third-order valence-corrected chi connectivity index (χ3v) is 5.94. The molecule has 7 heteroatoms. The van der Waals surface area contributed by atoms with Crippen LogP contribution in [0.25, 0.3) is 5.65 Å². The van der Waals surface area contributed by atoms with Crippen molar-refractivity contribution in [1.29, 1.82) is 0 Å². The maximum Gasteiger partial charge on any atom is 0.272 e. The lowest BCUT2D eigenvalue weighted by Crippen LogP contribution is -2.37. The Kier molecular flexibility index (Phi) is 5.99. The highest BCUT2D eigenvalue weighted by Crippen LogP contribution is 2.27. The number of H-pyrrole nitrogens is 1. The highest BCUT2D eigenvalue weighted by atomic mass is 16.5. The van der Waals surface area contributed by atoms with Crippen molar-refractivity contribution in [1.82, 2.24) is 19.9 Å². The number of ether oxygens (including phenoxy) is 1. The Morgan fingerprint density at radius 2 is 1.97 bits per heavy atom. The average Bonchev–Trinajstić information content (AvgIpc) is 3.14. The van der Waals surface area contributed by atoms with Gasteiger partial charge in [-0.15, -0.1) is 0 Å². The fourth-order valence-electron chi connectivity index (χ4n) is 4.26. The molecule has 30 heavy (non-hydrogen) atoms. The third-order valence-electron chi connectivity index (χ3n) is 5.94. The number of fused-ring (bicyclic) bond motifs is 1. The predicted molar refractivity (Wildman–Crippen MR) is 114 cm³/mol. The van der Waals surface area contributed by atoms with E-state index >= 15 is 0 Å². The maximum atomic E-state index is 13.0. The number of rotatable bonds is 6. The first kappa shape index (κ1) is 20.3. The number of benzene rings is 1. The van der Waals surface area contributed by atoms with Crippen molar-refractivity contribution in [3.05, 3.63) is 69.8 Å². The van der Waals surface area contributed by atoms with Crippen molar-refractivity contribution in [3.8, 4) is 0 Å². The van der Waals surface area contributed by atoms with E-state index in [4.69, 9.17) is 4.74 Å². The standard InChI is InChI=1S/C23H28N4O3/c1-15-12-21-24-18(14-22(28)27(21)26-15)13-20(16-6-4-3-5-7-16)25-23(29)17-8-10-19(30-2)11-9-17/h3-7,12,14,17,19-20,26H,8-11,13H2,1-2H3,(H,25,29)/t17?,19?,20-/m1/s1. The van der Waals surface area contributed by atoms with Gasteiger partial charge in [0.2, 0.25) is 5.91 Å². The van der Waals surface area contributed by atoms with Gasteiger partial charge in [0.15, 0.2) is 5.65 Å². The second kappa shape index (κ2) is 8.83. The number of amides is 1. The number of hydrogen-bond acceptors (Lipinski definition) is 4. The van der Waals surface area contributed by atoms with Gasteiger partial charge in [0.25, 0.3) is 5.56 Å². The second-order valence-corrected chi connectivity index (χ2v) is 8.10. The number of nitrogens with one attached hydrogen (secondary N) is 2. The molecule has 0 saturated heterocycles. The number of methoxy groups -OCH3 is 1. The molecule has 7 nitrogen and oxygen atoms in total. The van der Waals surface area contributed by atoms with Gasteiger partial charge in [0.05, 0.1) is 17.8 Å². The van der Waals surface area contributed by atoms with Crippen LogP contribution in [-0.4, -0.2) is 33.7 Å². The lowest BCUT2D eigenvalue weighted by molar-refractivity contribution is -0.127. The lowest BCUT2D eigenvalue weighted by Gasteiger charge is -2.28. The molecule has 2 heterocycles. The van der Waals surface area contributed by atoms with Gasteiger partial charge in [-0.05, 0) is 38.2 Å². The first-order valence-electron chi connectivity index (χ1n) is 10.5. The molecule has 3 aromatic rings. The van der Waals surface area contributed by atoms with Crippen molar-refractivity contribution < 1.29 is 9.53 Å². The molecule has 1 atom stereocenters. The van der Waals surface area contributed by atoms with Crippen LogP contribution in [-0.2, 0) is 16.0 Å². The minimum absolute atomic E-state index is 0.00370. The van der Waals surface area contributed by atoms with E-state index in [0.29, 0.717) is 17.8 Å². The summed E-state index contributed by atoms with van der Waals surface area (Å²) in [6.45, 7) is 1.89. The zero-order valence-electron chi connectivity index (χ0n) is 17.4. The Morgan fingerprint density at radius 3 is 2.67 bits per heavy atom. The van der Waals surface area contributed by atoms with Crippen LogP contribution in [0.15, 0.2) is 47.3 Å². The van der Waals surface area contributed by atoms with E-state index in [9.17, 15) is 9.59 Å². The van der Waals surface area contributed by atoms with Gasteiger partial charge >= 0.3 is 0 Å². The molecule has 0 aliphatic heterocycles. The van der Waals surface area contributed by atoms with Crippen LogP contribution in [0, 0.1) is 12.8 Å². The van der Waals surface area contributed by atoms with Crippen molar-refractivity contribution in [2.75, 3.05) is 7.11 Å².